The summed E-state index contributed by atoms with van der Waals surface area (Å²) >= 11 is 0. The van der Waals surface area contributed by atoms with Crippen LogP contribution in [0.5, 0.6) is 0 Å². The number of rotatable bonds is 1. The van der Waals surface area contributed by atoms with Crippen molar-refractivity contribution in [2.75, 3.05) is 26.2 Å². The number of piperidine rings is 1. The summed E-state index contributed by atoms with van der Waals surface area (Å²) in [4.78, 5) is 14.8. The lowest BCUT2D eigenvalue weighted by Crippen LogP contribution is -2.47. The van der Waals surface area contributed by atoms with E-state index < -0.39 is 0 Å². The lowest BCUT2D eigenvalue weighted by Gasteiger charge is -2.39. The molecule has 1 spiro atoms. The molecule has 3 heterocycles. The van der Waals surface area contributed by atoms with E-state index in [1.54, 1.807) is 0 Å². The maximum absolute atomic E-state index is 12.8. The first-order chi connectivity index (χ1) is 10.3. The molecule has 1 atom stereocenters. The zero-order valence-electron chi connectivity index (χ0n) is 12.1. The number of likely N-dealkylation sites (tertiary alicyclic amines) is 1. The van der Waals surface area contributed by atoms with Crippen LogP contribution in [0, 0.1) is 5.41 Å². The number of nitrogens with one attached hydrogen (secondary N) is 2. The quantitative estimate of drug-likeness (QED) is 0.839. The van der Waals surface area contributed by atoms with E-state index in [-0.39, 0.29) is 5.91 Å². The number of carbonyl (C=O) groups excluding carboxylic acids is 1. The standard InChI is InChI=1S/C16H20N4O/c21-15(14-12-4-1-2-5-13(12)18-19-14)20-9-3-6-16(11-20)7-8-17-10-16/h1-2,4-5,17H,3,6-11H2,(H,18,19). The van der Waals surface area contributed by atoms with Crippen LogP contribution in [-0.4, -0.2) is 47.2 Å². The maximum atomic E-state index is 12.8. The summed E-state index contributed by atoms with van der Waals surface area (Å²) in [6.07, 6.45) is 3.50. The van der Waals surface area contributed by atoms with E-state index in [9.17, 15) is 4.79 Å². The van der Waals surface area contributed by atoms with E-state index in [1.165, 1.54) is 12.8 Å². The molecule has 4 rings (SSSR count). The average molecular weight is 284 g/mol. The van der Waals surface area contributed by atoms with E-state index >= 15 is 0 Å². The highest BCUT2D eigenvalue weighted by atomic mass is 16.2. The first-order valence-electron chi connectivity index (χ1n) is 7.71. The van der Waals surface area contributed by atoms with E-state index in [0.29, 0.717) is 11.1 Å². The third-order valence-electron chi connectivity index (χ3n) is 4.95. The maximum Gasteiger partial charge on any atom is 0.275 e. The molecule has 110 valence electrons. The van der Waals surface area contributed by atoms with Crippen LogP contribution in [0.15, 0.2) is 24.3 Å². The number of hydrogen-bond donors (Lipinski definition) is 2. The SMILES string of the molecule is O=C(c1n[nH]c2ccccc12)N1CCCC2(CCNC2)C1. The number of aromatic amines is 1. The molecule has 1 amide bonds. The van der Waals surface area contributed by atoms with Crippen molar-refractivity contribution < 1.29 is 4.79 Å². The Labute approximate surface area is 123 Å². The van der Waals surface area contributed by atoms with Gasteiger partial charge < -0.3 is 10.2 Å². The number of H-pyrrole nitrogens is 1. The zero-order chi connectivity index (χ0) is 14.3. The molecule has 1 unspecified atom stereocenters. The molecule has 0 aliphatic carbocycles. The fourth-order valence-electron chi connectivity index (χ4n) is 3.80. The summed E-state index contributed by atoms with van der Waals surface area (Å²) in [5.41, 5.74) is 1.78. The first kappa shape index (κ1) is 12.8. The van der Waals surface area contributed by atoms with E-state index in [4.69, 9.17) is 0 Å². The number of carbonyl (C=O) groups is 1. The van der Waals surface area contributed by atoms with Crippen molar-refractivity contribution in [2.45, 2.75) is 19.3 Å². The van der Waals surface area contributed by atoms with Crippen LogP contribution in [0.25, 0.3) is 10.9 Å². The summed E-state index contributed by atoms with van der Waals surface area (Å²) in [7, 11) is 0. The van der Waals surface area contributed by atoms with Crippen molar-refractivity contribution in [1.82, 2.24) is 20.4 Å². The number of hydrogen-bond acceptors (Lipinski definition) is 3. The summed E-state index contributed by atoms with van der Waals surface area (Å²) in [6.45, 7) is 3.83. The Hall–Kier alpha value is -1.88. The van der Waals surface area contributed by atoms with Gasteiger partial charge in [-0.1, -0.05) is 18.2 Å². The smallest absolute Gasteiger partial charge is 0.275 e. The molecule has 0 saturated carbocycles. The number of amides is 1. The van der Waals surface area contributed by atoms with E-state index in [2.05, 4.69) is 15.5 Å². The van der Waals surface area contributed by atoms with Crippen molar-refractivity contribution in [3.8, 4) is 0 Å². The second-order valence-corrected chi connectivity index (χ2v) is 6.37. The monoisotopic (exact) mass is 284 g/mol. The van der Waals surface area contributed by atoms with Crippen LogP contribution in [-0.2, 0) is 0 Å². The highest BCUT2D eigenvalue weighted by Gasteiger charge is 2.39. The van der Waals surface area contributed by atoms with Crippen molar-refractivity contribution >= 4 is 16.8 Å². The largest absolute Gasteiger partial charge is 0.337 e. The molecule has 5 heteroatoms. The molecule has 21 heavy (non-hydrogen) atoms. The Balaban J connectivity index is 1.62. The van der Waals surface area contributed by atoms with Gasteiger partial charge in [0.1, 0.15) is 0 Å². The van der Waals surface area contributed by atoms with Gasteiger partial charge in [-0.25, -0.2) is 0 Å². The molecule has 1 aromatic carbocycles. The number of para-hydroxylation sites is 1. The molecular formula is C16H20N4O. The summed E-state index contributed by atoms with van der Waals surface area (Å²) in [5, 5.41) is 11.6. The van der Waals surface area contributed by atoms with Crippen molar-refractivity contribution in [2.24, 2.45) is 5.41 Å². The van der Waals surface area contributed by atoms with Crippen LogP contribution >= 0.6 is 0 Å². The zero-order valence-corrected chi connectivity index (χ0v) is 12.1. The molecule has 2 N–H and O–H groups in total. The molecule has 5 nitrogen and oxygen atoms in total. The first-order valence-corrected chi connectivity index (χ1v) is 7.71. The molecule has 2 aliphatic rings. The van der Waals surface area contributed by atoms with Gasteiger partial charge in [0, 0.05) is 30.4 Å². The fourth-order valence-corrected chi connectivity index (χ4v) is 3.80. The van der Waals surface area contributed by atoms with Crippen LogP contribution in [0.3, 0.4) is 0 Å². The Morgan fingerprint density at radius 2 is 2.19 bits per heavy atom. The minimum atomic E-state index is 0.0680. The van der Waals surface area contributed by atoms with Crippen molar-refractivity contribution in [3.63, 3.8) is 0 Å². The molecule has 2 saturated heterocycles. The molecule has 0 bridgehead atoms. The van der Waals surface area contributed by atoms with E-state index in [1.807, 2.05) is 29.2 Å². The van der Waals surface area contributed by atoms with Gasteiger partial charge in [-0.2, -0.15) is 5.10 Å². The van der Waals surface area contributed by atoms with Crippen LogP contribution in [0.4, 0.5) is 0 Å². The predicted octanol–water partition coefficient (Wildman–Crippen LogP) is 1.78. The molecule has 2 aromatic rings. The van der Waals surface area contributed by atoms with Crippen molar-refractivity contribution in [3.05, 3.63) is 30.0 Å². The summed E-state index contributed by atoms with van der Waals surface area (Å²) < 4.78 is 0. The van der Waals surface area contributed by atoms with Gasteiger partial charge >= 0.3 is 0 Å². The van der Waals surface area contributed by atoms with Gasteiger partial charge in [0.25, 0.3) is 5.91 Å². The predicted molar refractivity (Wildman–Crippen MR) is 81.2 cm³/mol. The average Bonchev–Trinajstić information content (AvgIpc) is 3.14. The Morgan fingerprint density at radius 1 is 1.29 bits per heavy atom. The Morgan fingerprint density at radius 3 is 3.05 bits per heavy atom. The van der Waals surface area contributed by atoms with Crippen LogP contribution in [0.1, 0.15) is 29.8 Å². The third kappa shape index (κ3) is 2.12. The highest BCUT2D eigenvalue weighted by molar-refractivity contribution is 6.04. The van der Waals surface area contributed by atoms with Gasteiger partial charge in [0.15, 0.2) is 5.69 Å². The Kier molecular flexibility index (Phi) is 2.96. The van der Waals surface area contributed by atoms with Gasteiger partial charge in [-0.3, -0.25) is 9.89 Å². The summed E-state index contributed by atoms with van der Waals surface area (Å²) in [6, 6.07) is 7.82. The number of nitrogens with zero attached hydrogens (tertiary/aromatic N) is 2. The second-order valence-electron chi connectivity index (χ2n) is 6.37. The van der Waals surface area contributed by atoms with Crippen LogP contribution < -0.4 is 5.32 Å². The van der Waals surface area contributed by atoms with Gasteiger partial charge in [0.05, 0.1) is 5.52 Å². The second kappa shape index (κ2) is 4.84. The molecular weight excluding hydrogens is 264 g/mol. The fraction of sp³-hybridized carbons (Fsp3) is 0.500. The van der Waals surface area contributed by atoms with Crippen LogP contribution in [0.2, 0.25) is 0 Å². The number of benzene rings is 1. The third-order valence-corrected chi connectivity index (χ3v) is 4.95. The molecule has 2 aliphatic heterocycles. The van der Waals surface area contributed by atoms with Crippen molar-refractivity contribution in [1.29, 1.82) is 0 Å². The lowest BCUT2D eigenvalue weighted by molar-refractivity contribution is 0.0549. The minimum Gasteiger partial charge on any atom is -0.337 e. The number of fused-ring (bicyclic) bond motifs is 1. The van der Waals surface area contributed by atoms with Gasteiger partial charge in [-0.15, -0.1) is 0 Å². The Bertz CT molecular complexity index is 672. The molecule has 0 radical (unpaired) electrons. The summed E-state index contributed by atoms with van der Waals surface area (Å²) in [5.74, 6) is 0.0680. The topological polar surface area (TPSA) is 61.0 Å². The van der Waals surface area contributed by atoms with E-state index in [0.717, 1.165) is 43.5 Å². The molecule has 2 fully saturated rings. The van der Waals surface area contributed by atoms with Gasteiger partial charge in [0.2, 0.25) is 0 Å². The highest BCUT2D eigenvalue weighted by Crippen LogP contribution is 2.36. The molecule has 1 aromatic heterocycles. The number of aromatic nitrogens is 2. The normalized spacial score (nSPS) is 25.8. The lowest BCUT2D eigenvalue weighted by atomic mass is 9.79. The van der Waals surface area contributed by atoms with Gasteiger partial charge in [-0.05, 0) is 31.9 Å². The minimum absolute atomic E-state index is 0.0680.